The normalized spacial score (nSPS) is 11.7. The number of nitrogens with one attached hydrogen (secondary N) is 2. The van der Waals surface area contributed by atoms with Crippen molar-refractivity contribution in [3.63, 3.8) is 0 Å². The quantitative estimate of drug-likeness (QED) is 0.626. The van der Waals surface area contributed by atoms with Gasteiger partial charge in [0.25, 0.3) is 0 Å². The Morgan fingerprint density at radius 3 is 2.62 bits per heavy atom. The first-order valence-corrected chi connectivity index (χ1v) is 6.66. The van der Waals surface area contributed by atoms with E-state index in [1.54, 1.807) is 7.05 Å². The van der Waals surface area contributed by atoms with Crippen molar-refractivity contribution < 1.29 is 4.92 Å². The topological polar surface area (TPSA) is 93.0 Å². The lowest BCUT2D eigenvalue weighted by Crippen LogP contribution is -2.13. The molecular weight excluding hydrogens is 270 g/mol. The van der Waals surface area contributed by atoms with Gasteiger partial charge in [-0.3, -0.25) is 10.1 Å². The van der Waals surface area contributed by atoms with Crippen LogP contribution in [-0.2, 0) is 0 Å². The Kier molecular flexibility index (Phi) is 4.65. The number of benzene rings is 1. The molecular formula is C14H17N5O2. The summed E-state index contributed by atoms with van der Waals surface area (Å²) in [5, 5.41) is 17.0. The van der Waals surface area contributed by atoms with Crippen LogP contribution in [-0.4, -0.2) is 21.9 Å². The number of nitrogens with zero attached hydrogens (tertiary/aromatic N) is 3. The van der Waals surface area contributed by atoms with Crippen LogP contribution in [0.1, 0.15) is 24.9 Å². The predicted molar refractivity (Wildman–Crippen MR) is 81.3 cm³/mol. The highest BCUT2D eigenvalue weighted by Crippen LogP contribution is 2.28. The van der Waals surface area contributed by atoms with Crippen LogP contribution < -0.4 is 10.6 Å². The summed E-state index contributed by atoms with van der Waals surface area (Å²) < 4.78 is 0. The summed E-state index contributed by atoms with van der Waals surface area (Å²) in [7, 11) is 1.67. The van der Waals surface area contributed by atoms with Gasteiger partial charge < -0.3 is 10.6 Å². The van der Waals surface area contributed by atoms with E-state index in [0.717, 1.165) is 12.0 Å². The Morgan fingerprint density at radius 2 is 2.05 bits per heavy atom. The van der Waals surface area contributed by atoms with Crippen molar-refractivity contribution in [3.8, 4) is 0 Å². The zero-order valence-electron chi connectivity index (χ0n) is 11.9. The lowest BCUT2D eigenvalue weighted by Gasteiger charge is -2.18. The fourth-order valence-electron chi connectivity index (χ4n) is 2.01. The van der Waals surface area contributed by atoms with E-state index in [1.165, 1.54) is 6.20 Å². The Labute approximate surface area is 122 Å². The molecule has 1 aromatic heterocycles. The van der Waals surface area contributed by atoms with Crippen LogP contribution in [0.4, 0.5) is 17.5 Å². The first-order valence-electron chi connectivity index (χ1n) is 6.66. The minimum atomic E-state index is -0.487. The standard InChI is InChI=1S/C14H17N5O2/c1-3-11(10-7-5-4-6-8-10)17-13-12(19(20)21)9-16-14(15-2)18-13/h4-9,11H,3H2,1-2H3,(H2,15,16,17,18). The van der Waals surface area contributed by atoms with Gasteiger partial charge >= 0.3 is 5.69 Å². The average molecular weight is 287 g/mol. The van der Waals surface area contributed by atoms with Crippen LogP contribution in [0, 0.1) is 10.1 Å². The molecule has 0 aliphatic carbocycles. The first-order chi connectivity index (χ1) is 10.2. The fourth-order valence-corrected chi connectivity index (χ4v) is 2.01. The van der Waals surface area contributed by atoms with Crippen LogP contribution in [0.2, 0.25) is 0 Å². The van der Waals surface area contributed by atoms with Crippen molar-refractivity contribution in [2.75, 3.05) is 17.7 Å². The highest BCUT2D eigenvalue weighted by atomic mass is 16.6. The molecule has 2 aromatic rings. The van der Waals surface area contributed by atoms with Crippen LogP contribution in [0.15, 0.2) is 36.5 Å². The second-order valence-corrected chi connectivity index (χ2v) is 4.45. The maximum absolute atomic E-state index is 11.1. The summed E-state index contributed by atoms with van der Waals surface area (Å²) in [5.74, 6) is 0.557. The summed E-state index contributed by atoms with van der Waals surface area (Å²) in [6.45, 7) is 2.01. The second kappa shape index (κ2) is 6.65. The van der Waals surface area contributed by atoms with Gasteiger partial charge in [0.2, 0.25) is 11.8 Å². The molecule has 2 rings (SSSR count). The maximum atomic E-state index is 11.1. The molecule has 1 heterocycles. The summed E-state index contributed by atoms with van der Waals surface area (Å²) in [6.07, 6.45) is 1.99. The third-order valence-electron chi connectivity index (χ3n) is 3.11. The largest absolute Gasteiger partial charge is 0.357 e. The lowest BCUT2D eigenvalue weighted by molar-refractivity contribution is -0.384. The zero-order valence-corrected chi connectivity index (χ0v) is 11.9. The van der Waals surface area contributed by atoms with Crippen LogP contribution >= 0.6 is 0 Å². The van der Waals surface area contributed by atoms with E-state index in [4.69, 9.17) is 0 Å². The maximum Gasteiger partial charge on any atom is 0.329 e. The molecule has 7 nitrogen and oxygen atoms in total. The van der Waals surface area contributed by atoms with Gasteiger partial charge in [-0.2, -0.15) is 4.98 Å². The highest BCUT2D eigenvalue weighted by molar-refractivity contribution is 5.58. The van der Waals surface area contributed by atoms with E-state index in [2.05, 4.69) is 20.6 Å². The van der Waals surface area contributed by atoms with Gasteiger partial charge in [-0.25, -0.2) is 4.98 Å². The van der Waals surface area contributed by atoms with E-state index < -0.39 is 4.92 Å². The van der Waals surface area contributed by atoms with E-state index in [0.29, 0.717) is 5.95 Å². The minimum absolute atomic E-state index is 0.0514. The molecule has 7 heteroatoms. The molecule has 1 unspecified atom stereocenters. The fraction of sp³-hybridized carbons (Fsp3) is 0.286. The molecule has 0 amide bonds. The van der Waals surface area contributed by atoms with Gasteiger partial charge in [-0.1, -0.05) is 37.3 Å². The van der Waals surface area contributed by atoms with Crippen molar-refractivity contribution in [1.29, 1.82) is 0 Å². The van der Waals surface area contributed by atoms with Crippen LogP contribution in [0.25, 0.3) is 0 Å². The molecule has 110 valence electrons. The number of anilines is 2. The Balaban J connectivity index is 2.34. The molecule has 0 saturated heterocycles. The Morgan fingerprint density at radius 1 is 1.33 bits per heavy atom. The van der Waals surface area contributed by atoms with Crippen molar-refractivity contribution in [1.82, 2.24) is 9.97 Å². The predicted octanol–water partition coefficient (Wildman–Crippen LogP) is 2.99. The minimum Gasteiger partial charge on any atom is -0.357 e. The van der Waals surface area contributed by atoms with Gasteiger partial charge in [-0.05, 0) is 12.0 Å². The van der Waals surface area contributed by atoms with E-state index >= 15 is 0 Å². The Bertz CT molecular complexity index is 618. The molecule has 0 radical (unpaired) electrons. The lowest BCUT2D eigenvalue weighted by atomic mass is 10.0. The molecule has 0 bridgehead atoms. The monoisotopic (exact) mass is 287 g/mol. The van der Waals surface area contributed by atoms with Crippen molar-refractivity contribution in [2.45, 2.75) is 19.4 Å². The molecule has 0 aliphatic heterocycles. The van der Waals surface area contributed by atoms with Gasteiger partial charge in [-0.15, -0.1) is 0 Å². The smallest absolute Gasteiger partial charge is 0.329 e. The van der Waals surface area contributed by atoms with Crippen LogP contribution in [0.5, 0.6) is 0 Å². The molecule has 2 N–H and O–H groups in total. The summed E-state index contributed by atoms with van der Waals surface area (Å²) in [5.41, 5.74) is 0.919. The SMILES string of the molecule is CCC(Nc1nc(NC)ncc1[N+](=O)[O-])c1ccccc1. The number of nitro groups is 1. The summed E-state index contributed by atoms with van der Waals surface area (Å²) in [6, 6.07) is 9.72. The number of rotatable bonds is 6. The van der Waals surface area contributed by atoms with Gasteiger partial charge in [0.1, 0.15) is 6.20 Å². The molecule has 1 atom stereocenters. The third kappa shape index (κ3) is 3.44. The number of hydrogen-bond donors (Lipinski definition) is 2. The van der Waals surface area contributed by atoms with Crippen LogP contribution in [0.3, 0.4) is 0 Å². The number of aromatic nitrogens is 2. The van der Waals surface area contributed by atoms with Gasteiger partial charge in [0, 0.05) is 7.05 Å². The van der Waals surface area contributed by atoms with E-state index in [9.17, 15) is 10.1 Å². The van der Waals surface area contributed by atoms with E-state index in [1.807, 2.05) is 37.3 Å². The molecule has 0 saturated carbocycles. The van der Waals surface area contributed by atoms with Crippen molar-refractivity contribution in [2.24, 2.45) is 0 Å². The molecule has 0 spiro atoms. The number of hydrogen-bond acceptors (Lipinski definition) is 6. The molecule has 0 fully saturated rings. The highest BCUT2D eigenvalue weighted by Gasteiger charge is 2.20. The Hall–Kier alpha value is -2.70. The summed E-state index contributed by atoms with van der Waals surface area (Å²) in [4.78, 5) is 18.6. The van der Waals surface area contributed by atoms with Crippen molar-refractivity contribution >= 4 is 17.5 Å². The van der Waals surface area contributed by atoms with Gasteiger partial charge in [0.15, 0.2) is 0 Å². The van der Waals surface area contributed by atoms with Crippen molar-refractivity contribution in [3.05, 3.63) is 52.2 Å². The zero-order chi connectivity index (χ0) is 15.2. The van der Waals surface area contributed by atoms with E-state index in [-0.39, 0.29) is 17.5 Å². The summed E-state index contributed by atoms with van der Waals surface area (Å²) >= 11 is 0. The molecule has 1 aromatic carbocycles. The second-order valence-electron chi connectivity index (χ2n) is 4.45. The first kappa shape index (κ1) is 14.7. The van der Waals surface area contributed by atoms with Gasteiger partial charge in [0.05, 0.1) is 11.0 Å². The third-order valence-corrected chi connectivity index (χ3v) is 3.11. The molecule has 0 aliphatic rings. The average Bonchev–Trinajstić information content (AvgIpc) is 2.53. The molecule has 21 heavy (non-hydrogen) atoms.